The number of amides is 2. The second kappa shape index (κ2) is 6.56. The predicted octanol–water partition coefficient (Wildman–Crippen LogP) is 3.53. The van der Waals surface area contributed by atoms with Crippen LogP contribution in [0.2, 0.25) is 10.2 Å². The molecule has 0 radical (unpaired) electrons. The minimum Gasteiger partial charge on any atom is -0.349 e. The van der Waals surface area contributed by atoms with Crippen molar-refractivity contribution in [3.63, 3.8) is 0 Å². The van der Waals surface area contributed by atoms with Crippen LogP contribution in [0.3, 0.4) is 0 Å². The third-order valence-corrected chi connectivity index (χ3v) is 4.04. The maximum absolute atomic E-state index is 12.2. The summed E-state index contributed by atoms with van der Waals surface area (Å²) < 4.78 is 0. The molecule has 1 aromatic heterocycles. The van der Waals surface area contributed by atoms with Crippen molar-refractivity contribution in [2.45, 2.75) is 18.9 Å². The second-order valence-electron chi connectivity index (χ2n) is 5.28. The summed E-state index contributed by atoms with van der Waals surface area (Å²) in [5.41, 5.74) is 1.30. The molecule has 0 spiro atoms. The van der Waals surface area contributed by atoms with Crippen molar-refractivity contribution in [2.24, 2.45) is 0 Å². The highest BCUT2D eigenvalue weighted by Crippen LogP contribution is 2.21. The van der Waals surface area contributed by atoms with Crippen LogP contribution < -0.4 is 10.6 Å². The number of nitrogens with one attached hydrogen (secondary N) is 2. The summed E-state index contributed by atoms with van der Waals surface area (Å²) in [6.45, 7) is 0. The van der Waals surface area contributed by atoms with Crippen LogP contribution in [0, 0.1) is 0 Å². The van der Waals surface area contributed by atoms with E-state index in [0.717, 1.165) is 12.8 Å². The molecule has 7 heteroatoms. The number of nitrogens with zero attached hydrogens (tertiary/aromatic N) is 1. The molecule has 0 saturated heterocycles. The lowest BCUT2D eigenvalue weighted by Crippen LogP contribution is -2.25. The lowest BCUT2D eigenvalue weighted by atomic mass is 10.1. The van der Waals surface area contributed by atoms with E-state index < -0.39 is 0 Å². The van der Waals surface area contributed by atoms with Gasteiger partial charge in [-0.25, -0.2) is 4.98 Å². The van der Waals surface area contributed by atoms with E-state index in [1.165, 1.54) is 12.3 Å². The molecule has 23 heavy (non-hydrogen) atoms. The quantitative estimate of drug-likeness (QED) is 0.829. The molecule has 1 fully saturated rings. The lowest BCUT2D eigenvalue weighted by molar-refractivity contribution is 0.0949. The van der Waals surface area contributed by atoms with Crippen molar-refractivity contribution in [1.29, 1.82) is 0 Å². The summed E-state index contributed by atoms with van der Waals surface area (Å²) in [7, 11) is 0. The highest BCUT2D eigenvalue weighted by atomic mass is 35.5. The van der Waals surface area contributed by atoms with Gasteiger partial charge >= 0.3 is 0 Å². The number of benzene rings is 1. The first kappa shape index (κ1) is 15.8. The Morgan fingerprint density at radius 1 is 1.09 bits per heavy atom. The minimum absolute atomic E-state index is 0.139. The van der Waals surface area contributed by atoms with Crippen LogP contribution in [0.15, 0.2) is 36.5 Å². The van der Waals surface area contributed by atoms with Gasteiger partial charge in [-0.15, -0.1) is 0 Å². The number of aromatic nitrogens is 1. The van der Waals surface area contributed by atoms with Gasteiger partial charge in [-0.05, 0) is 37.1 Å². The summed E-state index contributed by atoms with van der Waals surface area (Å²) in [5.74, 6) is -0.518. The monoisotopic (exact) mass is 349 g/mol. The Balaban J connectivity index is 1.72. The molecule has 0 atom stereocenters. The van der Waals surface area contributed by atoms with Crippen LogP contribution in [0.25, 0.3) is 0 Å². The average molecular weight is 350 g/mol. The molecule has 1 heterocycles. The van der Waals surface area contributed by atoms with Gasteiger partial charge in [-0.2, -0.15) is 0 Å². The van der Waals surface area contributed by atoms with Crippen molar-refractivity contribution >= 4 is 40.7 Å². The van der Waals surface area contributed by atoms with Crippen LogP contribution in [-0.2, 0) is 0 Å². The largest absolute Gasteiger partial charge is 0.349 e. The van der Waals surface area contributed by atoms with Gasteiger partial charge in [0.05, 0.1) is 10.6 Å². The summed E-state index contributed by atoms with van der Waals surface area (Å²) in [4.78, 5) is 28.0. The third-order valence-electron chi connectivity index (χ3n) is 3.35. The molecule has 2 amide bonds. The first-order valence-electron chi connectivity index (χ1n) is 7.06. The van der Waals surface area contributed by atoms with Gasteiger partial charge in [0.2, 0.25) is 0 Å². The zero-order valence-corrected chi connectivity index (χ0v) is 13.5. The number of hydrogen-bond donors (Lipinski definition) is 2. The van der Waals surface area contributed by atoms with Crippen LogP contribution in [0.4, 0.5) is 5.69 Å². The van der Waals surface area contributed by atoms with Gasteiger partial charge in [-0.3, -0.25) is 9.59 Å². The lowest BCUT2D eigenvalue weighted by Gasteiger charge is -2.08. The minimum atomic E-state index is -0.379. The number of hydrogen-bond acceptors (Lipinski definition) is 3. The molecule has 2 aromatic rings. The standard InChI is InChI=1S/C16H13Cl2N3O2/c17-13-7-10(8-19-14(13)18)16(23)21-12-3-1-2-9(6-12)15(22)20-11-4-5-11/h1-3,6-8,11H,4-5H2,(H,20,22)(H,21,23). The van der Waals surface area contributed by atoms with Crippen molar-refractivity contribution in [2.75, 3.05) is 5.32 Å². The second-order valence-corrected chi connectivity index (χ2v) is 6.04. The highest BCUT2D eigenvalue weighted by molar-refractivity contribution is 6.41. The molecular formula is C16H13Cl2N3O2. The van der Waals surface area contributed by atoms with Gasteiger partial charge in [0.1, 0.15) is 5.15 Å². The maximum Gasteiger partial charge on any atom is 0.257 e. The Morgan fingerprint density at radius 3 is 2.57 bits per heavy atom. The molecule has 1 aliphatic rings. The van der Waals surface area contributed by atoms with E-state index in [4.69, 9.17) is 23.2 Å². The summed E-state index contributed by atoms with van der Waals surface area (Å²) in [5, 5.41) is 5.96. The van der Waals surface area contributed by atoms with E-state index in [1.54, 1.807) is 24.3 Å². The van der Waals surface area contributed by atoms with Crippen molar-refractivity contribution in [1.82, 2.24) is 10.3 Å². The number of carbonyl (C=O) groups is 2. The molecule has 1 aliphatic carbocycles. The van der Waals surface area contributed by atoms with E-state index >= 15 is 0 Å². The smallest absolute Gasteiger partial charge is 0.257 e. The third kappa shape index (κ3) is 4.00. The fourth-order valence-electron chi connectivity index (χ4n) is 1.98. The number of pyridine rings is 1. The van der Waals surface area contributed by atoms with Crippen LogP contribution in [-0.4, -0.2) is 22.8 Å². The Hall–Kier alpha value is -2.11. The van der Waals surface area contributed by atoms with Gasteiger partial charge in [0.25, 0.3) is 11.8 Å². The molecule has 5 nitrogen and oxygen atoms in total. The Bertz CT molecular complexity index is 776. The SMILES string of the molecule is O=C(Nc1cccc(C(=O)NC2CC2)c1)c1cnc(Cl)c(Cl)c1. The fraction of sp³-hybridized carbons (Fsp3) is 0.188. The van der Waals surface area contributed by atoms with E-state index in [2.05, 4.69) is 15.6 Å². The fourth-order valence-corrected chi connectivity index (χ4v) is 2.25. The maximum atomic E-state index is 12.2. The van der Waals surface area contributed by atoms with Crippen molar-refractivity contribution in [3.8, 4) is 0 Å². The van der Waals surface area contributed by atoms with Crippen LogP contribution in [0.5, 0.6) is 0 Å². The number of anilines is 1. The van der Waals surface area contributed by atoms with E-state index in [-0.39, 0.29) is 33.6 Å². The normalized spacial score (nSPS) is 13.5. The summed E-state index contributed by atoms with van der Waals surface area (Å²) >= 11 is 11.6. The van der Waals surface area contributed by atoms with Crippen LogP contribution >= 0.6 is 23.2 Å². The van der Waals surface area contributed by atoms with Gasteiger partial charge < -0.3 is 10.6 Å². The first-order chi connectivity index (χ1) is 11.0. The van der Waals surface area contributed by atoms with Gasteiger partial charge in [0.15, 0.2) is 0 Å². The molecular weight excluding hydrogens is 337 g/mol. The number of carbonyl (C=O) groups excluding carboxylic acids is 2. The molecule has 0 unspecified atom stereocenters. The number of rotatable bonds is 4. The molecule has 1 saturated carbocycles. The molecule has 1 aromatic carbocycles. The molecule has 0 aliphatic heterocycles. The van der Waals surface area contributed by atoms with Crippen molar-refractivity contribution in [3.05, 3.63) is 57.8 Å². The predicted molar refractivity (Wildman–Crippen MR) is 89.1 cm³/mol. The molecule has 2 N–H and O–H groups in total. The molecule has 0 bridgehead atoms. The van der Waals surface area contributed by atoms with Crippen LogP contribution in [0.1, 0.15) is 33.6 Å². The highest BCUT2D eigenvalue weighted by Gasteiger charge is 2.23. The molecule has 3 rings (SSSR count). The zero-order valence-electron chi connectivity index (χ0n) is 12.0. The Morgan fingerprint density at radius 2 is 1.87 bits per heavy atom. The van der Waals surface area contributed by atoms with E-state index in [0.29, 0.717) is 11.3 Å². The van der Waals surface area contributed by atoms with Gasteiger partial charge in [0, 0.05) is 23.5 Å². The summed E-state index contributed by atoms with van der Waals surface area (Å²) in [6.07, 6.45) is 3.38. The van der Waals surface area contributed by atoms with E-state index in [9.17, 15) is 9.59 Å². The Kier molecular flexibility index (Phi) is 4.50. The average Bonchev–Trinajstić information content (AvgIpc) is 3.34. The molecule has 118 valence electrons. The topological polar surface area (TPSA) is 71.1 Å². The number of halogens is 2. The zero-order chi connectivity index (χ0) is 16.4. The Labute approximate surface area is 143 Å². The summed E-state index contributed by atoms with van der Waals surface area (Å²) in [6, 6.07) is 8.47. The first-order valence-corrected chi connectivity index (χ1v) is 7.82. The van der Waals surface area contributed by atoms with Gasteiger partial charge in [-0.1, -0.05) is 29.3 Å². The van der Waals surface area contributed by atoms with Crippen molar-refractivity contribution < 1.29 is 9.59 Å². The van der Waals surface area contributed by atoms with E-state index in [1.807, 2.05) is 0 Å².